The maximum absolute atomic E-state index is 12.3. The van der Waals surface area contributed by atoms with Crippen molar-refractivity contribution in [2.24, 2.45) is 0 Å². The smallest absolute Gasteiger partial charge is 0.338 e. The van der Waals surface area contributed by atoms with Crippen LogP contribution in [0.5, 0.6) is 11.5 Å². The fourth-order valence-corrected chi connectivity index (χ4v) is 3.12. The van der Waals surface area contributed by atoms with Crippen molar-refractivity contribution in [3.8, 4) is 11.5 Å². The minimum atomic E-state index is -0.595. The minimum Gasteiger partial charge on any atom is -0.454 e. The molecule has 0 aliphatic carbocycles. The topological polar surface area (TPSA) is 99.6 Å². The Balaban J connectivity index is 1.36. The third-order valence-corrected chi connectivity index (χ3v) is 4.92. The molecule has 8 nitrogen and oxygen atoms in total. The van der Waals surface area contributed by atoms with Gasteiger partial charge in [0.25, 0.3) is 5.91 Å². The normalized spacial score (nSPS) is 13.2. The number of carbonyl (C=O) groups is 2. The Kier molecular flexibility index (Phi) is 5.22. The lowest BCUT2D eigenvalue weighted by atomic mass is 10.1. The van der Waals surface area contributed by atoms with Crippen molar-refractivity contribution < 1.29 is 23.8 Å². The Labute approximate surface area is 173 Å². The zero-order chi connectivity index (χ0) is 21.3. The lowest BCUT2D eigenvalue weighted by molar-refractivity contribution is -0.124. The van der Waals surface area contributed by atoms with Crippen molar-refractivity contribution in [2.75, 3.05) is 13.4 Å². The molecule has 0 spiro atoms. The Bertz CT molecular complexity index is 1150. The Morgan fingerprint density at radius 2 is 1.77 bits per heavy atom. The molecular weight excluding hydrogens is 386 g/mol. The zero-order valence-corrected chi connectivity index (χ0v) is 16.9. The van der Waals surface area contributed by atoms with Crippen molar-refractivity contribution >= 4 is 22.9 Å². The van der Waals surface area contributed by atoms with Gasteiger partial charge in [0.1, 0.15) is 0 Å². The number of amides is 1. The highest BCUT2D eigenvalue weighted by Gasteiger charge is 2.18. The van der Waals surface area contributed by atoms with E-state index in [1.54, 1.807) is 24.3 Å². The first-order valence-electron chi connectivity index (χ1n) is 9.52. The lowest BCUT2D eigenvalue weighted by Crippen LogP contribution is -2.31. The predicted molar refractivity (Wildman–Crippen MR) is 108 cm³/mol. The highest BCUT2D eigenvalue weighted by atomic mass is 16.7. The van der Waals surface area contributed by atoms with Gasteiger partial charge in [0.05, 0.1) is 34.0 Å². The van der Waals surface area contributed by atoms with Crippen LogP contribution in [0.15, 0.2) is 36.4 Å². The number of nitrogens with one attached hydrogen (secondary N) is 1. The monoisotopic (exact) mass is 407 g/mol. The van der Waals surface area contributed by atoms with E-state index >= 15 is 0 Å². The fraction of sp³-hybridized carbons (Fsp3) is 0.273. The molecule has 1 N–H and O–H groups in total. The summed E-state index contributed by atoms with van der Waals surface area (Å²) in [5.41, 5.74) is 4.11. The zero-order valence-electron chi connectivity index (χ0n) is 16.9. The number of hydrogen-bond acceptors (Lipinski definition) is 7. The van der Waals surface area contributed by atoms with Crippen molar-refractivity contribution in [3.05, 3.63) is 58.9 Å². The van der Waals surface area contributed by atoms with Crippen molar-refractivity contribution in [1.82, 2.24) is 15.3 Å². The molecule has 0 unspecified atom stereocenters. The molecule has 1 aromatic heterocycles. The molecule has 0 saturated heterocycles. The summed E-state index contributed by atoms with van der Waals surface area (Å²) < 4.78 is 15.8. The summed E-state index contributed by atoms with van der Waals surface area (Å²) >= 11 is 0. The third kappa shape index (κ3) is 4.03. The van der Waals surface area contributed by atoms with Gasteiger partial charge in [-0.15, -0.1) is 0 Å². The van der Waals surface area contributed by atoms with Gasteiger partial charge in [0, 0.05) is 0 Å². The van der Waals surface area contributed by atoms with E-state index in [0.717, 1.165) is 17.0 Å². The molecule has 1 atom stereocenters. The van der Waals surface area contributed by atoms with Gasteiger partial charge < -0.3 is 19.5 Å². The van der Waals surface area contributed by atoms with E-state index in [9.17, 15) is 9.59 Å². The Morgan fingerprint density at radius 1 is 1.03 bits per heavy atom. The van der Waals surface area contributed by atoms with Gasteiger partial charge in [-0.2, -0.15) is 0 Å². The van der Waals surface area contributed by atoms with Crippen LogP contribution >= 0.6 is 0 Å². The van der Waals surface area contributed by atoms with E-state index in [-0.39, 0.29) is 19.4 Å². The highest BCUT2D eigenvalue weighted by Crippen LogP contribution is 2.34. The van der Waals surface area contributed by atoms with Gasteiger partial charge in [0.15, 0.2) is 18.1 Å². The van der Waals surface area contributed by atoms with Gasteiger partial charge in [0.2, 0.25) is 6.79 Å². The summed E-state index contributed by atoms with van der Waals surface area (Å²) in [5, 5.41) is 2.80. The molecule has 2 aromatic carbocycles. The first kappa shape index (κ1) is 19.6. The molecule has 0 saturated carbocycles. The molecule has 1 aliphatic rings. The number of aromatic nitrogens is 2. The SMILES string of the molecule is Cc1nc2ccc(C(=O)OCC(=O)N[C@H](C)c3ccc4c(c3)OCO4)cc2nc1C. The largest absolute Gasteiger partial charge is 0.454 e. The molecule has 0 radical (unpaired) electrons. The number of ether oxygens (including phenoxy) is 3. The molecule has 2 heterocycles. The second-order valence-corrected chi connectivity index (χ2v) is 7.08. The number of fused-ring (bicyclic) bond motifs is 2. The molecule has 0 bridgehead atoms. The number of carbonyl (C=O) groups excluding carboxylic acids is 2. The van der Waals surface area contributed by atoms with Crippen LogP contribution in [0.4, 0.5) is 0 Å². The van der Waals surface area contributed by atoms with Crippen molar-refractivity contribution in [1.29, 1.82) is 0 Å². The standard InChI is InChI=1S/C22H21N3O5/c1-12-13(2)24-18-8-16(4-6-17(18)23-12)22(27)28-10-21(26)25-14(3)15-5-7-19-20(9-15)30-11-29-19/h4-9,14H,10-11H2,1-3H3,(H,25,26)/t14-/m1/s1. The van der Waals surface area contributed by atoms with Crippen LogP contribution in [-0.4, -0.2) is 35.2 Å². The third-order valence-electron chi connectivity index (χ3n) is 4.92. The lowest BCUT2D eigenvalue weighted by Gasteiger charge is -2.15. The van der Waals surface area contributed by atoms with Crippen molar-refractivity contribution in [3.63, 3.8) is 0 Å². The molecule has 30 heavy (non-hydrogen) atoms. The number of aryl methyl sites for hydroxylation is 2. The fourth-order valence-electron chi connectivity index (χ4n) is 3.12. The summed E-state index contributed by atoms with van der Waals surface area (Å²) in [7, 11) is 0. The number of rotatable bonds is 5. The summed E-state index contributed by atoms with van der Waals surface area (Å²) in [6.07, 6.45) is 0. The van der Waals surface area contributed by atoms with E-state index in [0.29, 0.717) is 28.1 Å². The molecular formula is C22H21N3O5. The van der Waals surface area contributed by atoms with Gasteiger partial charge in [-0.1, -0.05) is 6.07 Å². The summed E-state index contributed by atoms with van der Waals surface area (Å²) in [6, 6.07) is 10.1. The van der Waals surface area contributed by atoms with Gasteiger partial charge in [-0.05, 0) is 56.7 Å². The number of esters is 1. The van der Waals surface area contributed by atoms with E-state index in [2.05, 4.69) is 15.3 Å². The van der Waals surface area contributed by atoms with Crippen LogP contribution in [0.1, 0.15) is 40.3 Å². The van der Waals surface area contributed by atoms with Crippen LogP contribution in [0.2, 0.25) is 0 Å². The average Bonchev–Trinajstić information content (AvgIpc) is 3.20. The van der Waals surface area contributed by atoms with E-state index in [1.807, 2.05) is 32.9 Å². The number of nitrogens with zero attached hydrogens (tertiary/aromatic N) is 2. The molecule has 154 valence electrons. The summed E-state index contributed by atoms with van der Waals surface area (Å²) in [4.78, 5) is 33.5. The summed E-state index contributed by atoms with van der Waals surface area (Å²) in [6.45, 7) is 5.38. The highest BCUT2D eigenvalue weighted by molar-refractivity contribution is 5.94. The Hall–Kier alpha value is -3.68. The average molecular weight is 407 g/mol. The maximum Gasteiger partial charge on any atom is 0.338 e. The van der Waals surface area contributed by atoms with E-state index < -0.39 is 11.9 Å². The molecule has 1 aliphatic heterocycles. The molecule has 0 fully saturated rings. The molecule has 4 rings (SSSR count). The summed E-state index contributed by atoms with van der Waals surface area (Å²) in [5.74, 6) is 0.324. The quantitative estimate of drug-likeness (QED) is 0.649. The van der Waals surface area contributed by atoms with E-state index in [4.69, 9.17) is 14.2 Å². The second-order valence-electron chi connectivity index (χ2n) is 7.08. The molecule has 3 aromatic rings. The van der Waals surface area contributed by atoms with Crippen LogP contribution < -0.4 is 14.8 Å². The predicted octanol–water partition coefficient (Wildman–Crippen LogP) is 3.01. The number of hydrogen-bond donors (Lipinski definition) is 1. The molecule has 1 amide bonds. The first-order chi connectivity index (χ1) is 14.4. The van der Waals surface area contributed by atoms with Gasteiger partial charge in [-0.3, -0.25) is 4.79 Å². The second kappa shape index (κ2) is 7.98. The van der Waals surface area contributed by atoms with Crippen LogP contribution in [0, 0.1) is 13.8 Å². The van der Waals surface area contributed by atoms with Crippen LogP contribution in [0.3, 0.4) is 0 Å². The van der Waals surface area contributed by atoms with Gasteiger partial charge in [-0.25, -0.2) is 14.8 Å². The minimum absolute atomic E-state index is 0.189. The van der Waals surface area contributed by atoms with E-state index in [1.165, 1.54) is 0 Å². The first-order valence-corrected chi connectivity index (χ1v) is 9.52. The van der Waals surface area contributed by atoms with Gasteiger partial charge >= 0.3 is 5.97 Å². The number of benzene rings is 2. The van der Waals surface area contributed by atoms with Crippen molar-refractivity contribution in [2.45, 2.75) is 26.8 Å². The molecule has 8 heteroatoms. The van der Waals surface area contributed by atoms with Crippen LogP contribution in [-0.2, 0) is 9.53 Å². The Morgan fingerprint density at radius 3 is 2.57 bits per heavy atom. The van der Waals surface area contributed by atoms with Crippen LogP contribution in [0.25, 0.3) is 11.0 Å². The maximum atomic E-state index is 12.3.